The fourth-order valence-electron chi connectivity index (χ4n) is 2.87. The molecule has 3 rings (SSSR count). The molecule has 0 unspecified atom stereocenters. The van der Waals surface area contributed by atoms with Gasteiger partial charge in [0.05, 0.1) is 16.1 Å². The van der Waals surface area contributed by atoms with E-state index in [4.69, 9.17) is 11.6 Å². The summed E-state index contributed by atoms with van der Waals surface area (Å²) < 4.78 is 0. The Morgan fingerprint density at radius 2 is 1.73 bits per heavy atom. The van der Waals surface area contributed by atoms with Gasteiger partial charge in [-0.05, 0) is 43.7 Å². The third kappa shape index (κ3) is 3.26. The summed E-state index contributed by atoms with van der Waals surface area (Å²) in [6.07, 6.45) is 0. The number of para-hydroxylation sites is 1. The van der Waals surface area contributed by atoms with Crippen LogP contribution in [0.3, 0.4) is 0 Å². The largest absolute Gasteiger partial charge is 0.355 e. The average molecular weight is 368 g/mol. The third-order valence-corrected chi connectivity index (χ3v) is 4.52. The van der Waals surface area contributed by atoms with E-state index in [0.717, 1.165) is 0 Å². The predicted molar refractivity (Wildman–Crippen MR) is 104 cm³/mol. The zero-order valence-corrected chi connectivity index (χ0v) is 15.4. The summed E-state index contributed by atoms with van der Waals surface area (Å²) >= 11 is 6.22. The normalized spacial score (nSPS) is 10.6. The first-order valence-corrected chi connectivity index (χ1v) is 8.49. The minimum Gasteiger partial charge on any atom is -0.355 e. The van der Waals surface area contributed by atoms with Crippen LogP contribution >= 0.6 is 11.6 Å². The molecule has 0 aliphatic carbocycles. The van der Waals surface area contributed by atoms with Gasteiger partial charge in [0.2, 0.25) is 0 Å². The number of anilines is 1. The maximum Gasteiger partial charge on any atom is 0.256 e. The molecule has 26 heavy (non-hydrogen) atoms. The summed E-state index contributed by atoms with van der Waals surface area (Å²) in [5.74, 6) is -0.476. The summed E-state index contributed by atoms with van der Waals surface area (Å²) in [6, 6.07) is 12.3. The van der Waals surface area contributed by atoms with Gasteiger partial charge in [0.15, 0.2) is 0 Å². The van der Waals surface area contributed by atoms with Gasteiger partial charge in [-0.15, -0.1) is 0 Å². The first kappa shape index (κ1) is 17.9. The lowest BCUT2D eigenvalue weighted by atomic mass is 10.0. The van der Waals surface area contributed by atoms with E-state index in [9.17, 15) is 9.59 Å². The number of pyridine rings is 1. The van der Waals surface area contributed by atoms with Crippen molar-refractivity contribution in [3.63, 3.8) is 0 Å². The van der Waals surface area contributed by atoms with E-state index in [-0.39, 0.29) is 11.8 Å². The molecule has 0 bridgehead atoms. The number of nitrogens with zero attached hydrogens (tertiary/aromatic N) is 1. The Hall–Kier alpha value is -2.92. The molecule has 6 heteroatoms. The van der Waals surface area contributed by atoms with Crippen molar-refractivity contribution < 1.29 is 9.59 Å². The quantitative estimate of drug-likeness (QED) is 0.731. The number of carbonyl (C=O) groups excluding carboxylic acids is 2. The maximum absolute atomic E-state index is 12.9. The molecule has 0 atom stereocenters. The second-order valence-corrected chi connectivity index (χ2v) is 6.37. The number of aryl methyl sites for hydroxylation is 1. The Labute approximate surface area is 156 Å². The Morgan fingerprint density at radius 1 is 1.00 bits per heavy atom. The molecule has 1 heterocycles. The van der Waals surface area contributed by atoms with Gasteiger partial charge in [-0.1, -0.05) is 29.8 Å². The van der Waals surface area contributed by atoms with Crippen molar-refractivity contribution in [1.82, 2.24) is 10.3 Å². The van der Waals surface area contributed by atoms with E-state index in [1.54, 1.807) is 50.4 Å². The highest BCUT2D eigenvalue weighted by Gasteiger charge is 2.16. The lowest BCUT2D eigenvalue weighted by Gasteiger charge is -2.13. The highest BCUT2D eigenvalue weighted by molar-refractivity contribution is 6.35. The van der Waals surface area contributed by atoms with Crippen LogP contribution in [0.2, 0.25) is 5.02 Å². The molecule has 0 saturated heterocycles. The number of hydrogen-bond acceptors (Lipinski definition) is 3. The van der Waals surface area contributed by atoms with Crippen molar-refractivity contribution in [2.45, 2.75) is 13.8 Å². The topological polar surface area (TPSA) is 71.1 Å². The number of carbonyl (C=O) groups is 2. The van der Waals surface area contributed by atoms with E-state index in [1.165, 1.54) is 0 Å². The lowest BCUT2D eigenvalue weighted by Crippen LogP contribution is -2.20. The van der Waals surface area contributed by atoms with Crippen LogP contribution in [0.15, 0.2) is 42.5 Å². The van der Waals surface area contributed by atoms with Gasteiger partial charge in [-0.3, -0.25) is 14.6 Å². The fraction of sp³-hybridized carbons (Fsp3) is 0.150. The van der Waals surface area contributed by atoms with Crippen LogP contribution in [0.1, 0.15) is 32.0 Å². The minimum atomic E-state index is -0.278. The van der Waals surface area contributed by atoms with Crippen LogP contribution in [0.5, 0.6) is 0 Å². The van der Waals surface area contributed by atoms with Crippen LogP contribution in [-0.4, -0.2) is 23.8 Å². The molecule has 132 valence electrons. The number of amides is 2. The van der Waals surface area contributed by atoms with Crippen molar-refractivity contribution in [3.8, 4) is 0 Å². The number of fused-ring (bicyclic) bond motifs is 1. The summed E-state index contributed by atoms with van der Waals surface area (Å²) in [4.78, 5) is 29.3. The summed E-state index contributed by atoms with van der Waals surface area (Å²) in [5.41, 5.74) is 3.58. The number of hydrogen-bond donors (Lipinski definition) is 2. The molecule has 0 saturated carbocycles. The molecule has 2 amide bonds. The number of halogens is 1. The van der Waals surface area contributed by atoms with Gasteiger partial charge in [0, 0.05) is 29.4 Å². The molecule has 1 aromatic heterocycles. The van der Waals surface area contributed by atoms with Gasteiger partial charge >= 0.3 is 0 Å². The van der Waals surface area contributed by atoms with Crippen molar-refractivity contribution in [2.75, 3.05) is 12.4 Å². The number of nitrogens with one attached hydrogen (secondary N) is 2. The van der Waals surface area contributed by atoms with Crippen molar-refractivity contribution in [3.05, 3.63) is 69.9 Å². The average Bonchev–Trinajstić information content (AvgIpc) is 2.63. The van der Waals surface area contributed by atoms with Gasteiger partial charge in [-0.25, -0.2) is 0 Å². The van der Waals surface area contributed by atoms with Gasteiger partial charge in [0.1, 0.15) is 0 Å². The highest BCUT2D eigenvalue weighted by atomic mass is 35.5. The van der Waals surface area contributed by atoms with E-state index in [2.05, 4.69) is 15.6 Å². The van der Waals surface area contributed by atoms with Crippen molar-refractivity contribution in [2.24, 2.45) is 0 Å². The SMILES string of the molecule is CNC(=O)c1cccc(NC(=O)c2cc(C)nc3c(Cl)cccc23)c1C. The highest BCUT2D eigenvalue weighted by Crippen LogP contribution is 2.26. The molecule has 2 N–H and O–H groups in total. The van der Waals surface area contributed by atoms with Gasteiger partial charge < -0.3 is 10.6 Å². The number of rotatable bonds is 3. The Balaban J connectivity index is 2.04. The third-order valence-electron chi connectivity index (χ3n) is 4.22. The van der Waals surface area contributed by atoms with Crippen LogP contribution < -0.4 is 10.6 Å². The second-order valence-electron chi connectivity index (χ2n) is 5.96. The molecule has 3 aromatic rings. The zero-order chi connectivity index (χ0) is 18.8. The number of benzene rings is 2. The van der Waals surface area contributed by atoms with Crippen LogP contribution in [0.4, 0.5) is 5.69 Å². The van der Waals surface area contributed by atoms with E-state index < -0.39 is 0 Å². The van der Waals surface area contributed by atoms with Crippen LogP contribution in [0.25, 0.3) is 10.9 Å². The number of aromatic nitrogens is 1. The predicted octanol–water partition coefficient (Wildman–Crippen LogP) is 4.12. The Morgan fingerprint density at radius 3 is 2.46 bits per heavy atom. The lowest BCUT2D eigenvalue weighted by molar-refractivity contribution is 0.0961. The monoisotopic (exact) mass is 367 g/mol. The van der Waals surface area contributed by atoms with Crippen LogP contribution in [-0.2, 0) is 0 Å². The second kappa shape index (κ2) is 7.14. The Bertz CT molecular complexity index is 1030. The Kier molecular flexibility index (Phi) is 4.91. The molecule has 0 aliphatic heterocycles. The van der Waals surface area contributed by atoms with Crippen LogP contribution in [0, 0.1) is 13.8 Å². The molecule has 0 fully saturated rings. The van der Waals surface area contributed by atoms with Gasteiger partial charge in [0.25, 0.3) is 11.8 Å². The molecular weight excluding hydrogens is 350 g/mol. The molecule has 0 spiro atoms. The molecule has 0 radical (unpaired) electrons. The smallest absolute Gasteiger partial charge is 0.256 e. The summed E-state index contributed by atoms with van der Waals surface area (Å²) in [6.45, 7) is 3.62. The fourth-order valence-corrected chi connectivity index (χ4v) is 3.09. The van der Waals surface area contributed by atoms with E-state index in [1.807, 2.05) is 13.0 Å². The van der Waals surface area contributed by atoms with Crippen molar-refractivity contribution >= 4 is 40.0 Å². The molecule has 5 nitrogen and oxygen atoms in total. The first-order chi connectivity index (χ1) is 12.4. The molecule has 0 aliphatic rings. The van der Waals surface area contributed by atoms with Crippen molar-refractivity contribution in [1.29, 1.82) is 0 Å². The summed E-state index contributed by atoms with van der Waals surface area (Å²) in [7, 11) is 1.57. The molecular formula is C20H18ClN3O2. The van der Waals surface area contributed by atoms with Gasteiger partial charge in [-0.2, -0.15) is 0 Å². The zero-order valence-electron chi connectivity index (χ0n) is 14.7. The standard InChI is InChI=1S/C20H18ClN3O2/c1-11-10-15(14-7-4-8-16(21)18(14)23-11)20(26)24-17-9-5-6-13(12(17)2)19(25)22-3/h4-10H,1-3H3,(H,22,25)(H,24,26). The van der Waals surface area contributed by atoms with E-state index >= 15 is 0 Å². The first-order valence-electron chi connectivity index (χ1n) is 8.11. The minimum absolute atomic E-state index is 0.199. The van der Waals surface area contributed by atoms with E-state index in [0.29, 0.717) is 44.0 Å². The molecule has 2 aromatic carbocycles. The summed E-state index contributed by atoms with van der Waals surface area (Å²) in [5, 5.41) is 6.67. The maximum atomic E-state index is 12.9.